The van der Waals surface area contributed by atoms with E-state index in [1.807, 2.05) is 0 Å². The van der Waals surface area contributed by atoms with Gasteiger partial charge in [0.1, 0.15) is 5.82 Å². The van der Waals surface area contributed by atoms with E-state index >= 15 is 0 Å². The Morgan fingerprint density at radius 2 is 1.73 bits per heavy atom. The zero-order valence-corrected chi connectivity index (χ0v) is 12.2. The first-order chi connectivity index (χ1) is 10.6. The Bertz CT molecular complexity index is 669. The Morgan fingerprint density at radius 3 is 2.36 bits per heavy atom. The average Bonchev–Trinajstić information content (AvgIpc) is 2.52. The van der Waals surface area contributed by atoms with Crippen LogP contribution in [-0.2, 0) is 11.3 Å². The van der Waals surface area contributed by atoms with Gasteiger partial charge in [0.25, 0.3) is 0 Å². The average molecular weight is 300 g/mol. The Labute approximate surface area is 128 Å². The van der Waals surface area contributed by atoms with Crippen molar-refractivity contribution in [3.05, 3.63) is 65.5 Å². The van der Waals surface area contributed by atoms with E-state index in [0.717, 1.165) is 5.69 Å². The second kappa shape index (κ2) is 7.36. The molecule has 114 valence electrons. The molecule has 0 aromatic heterocycles. The molecule has 0 unspecified atom stereocenters. The van der Waals surface area contributed by atoms with E-state index in [9.17, 15) is 14.0 Å². The van der Waals surface area contributed by atoms with Crippen LogP contribution in [0.15, 0.2) is 48.5 Å². The lowest BCUT2D eigenvalue weighted by atomic mass is 10.1. The van der Waals surface area contributed by atoms with Crippen LogP contribution in [0.4, 0.5) is 10.1 Å². The molecular weight excluding hydrogens is 283 g/mol. The number of ketones is 1. The molecule has 1 amide bonds. The second-order valence-corrected chi connectivity index (χ2v) is 4.86. The van der Waals surface area contributed by atoms with E-state index in [0.29, 0.717) is 11.1 Å². The minimum absolute atomic E-state index is 0.00539. The Morgan fingerprint density at radius 1 is 1.05 bits per heavy atom. The normalized spacial score (nSPS) is 10.1. The maximum absolute atomic E-state index is 13.4. The van der Waals surface area contributed by atoms with Crippen molar-refractivity contribution in [3.8, 4) is 0 Å². The highest BCUT2D eigenvalue weighted by Gasteiger charge is 2.05. The Hall–Kier alpha value is -2.69. The lowest BCUT2D eigenvalue weighted by molar-refractivity contribution is -0.119. The van der Waals surface area contributed by atoms with Crippen LogP contribution >= 0.6 is 0 Å². The van der Waals surface area contributed by atoms with Crippen molar-refractivity contribution >= 4 is 17.4 Å². The number of anilines is 1. The van der Waals surface area contributed by atoms with E-state index in [-0.39, 0.29) is 30.6 Å². The van der Waals surface area contributed by atoms with Gasteiger partial charge in [-0.2, -0.15) is 0 Å². The molecule has 0 aliphatic rings. The summed E-state index contributed by atoms with van der Waals surface area (Å²) in [6, 6.07) is 13.2. The Kier molecular flexibility index (Phi) is 5.25. The van der Waals surface area contributed by atoms with Gasteiger partial charge in [-0.25, -0.2) is 4.39 Å². The van der Waals surface area contributed by atoms with Crippen molar-refractivity contribution in [2.24, 2.45) is 0 Å². The van der Waals surface area contributed by atoms with Crippen molar-refractivity contribution < 1.29 is 14.0 Å². The highest BCUT2D eigenvalue weighted by atomic mass is 19.1. The quantitative estimate of drug-likeness (QED) is 0.807. The number of halogens is 1. The molecule has 0 spiro atoms. The van der Waals surface area contributed by atoms with Gasteiger partial charge in [0.05, 0.1) is 6.54 Å². The summed E-state index contributed by atoms with van der Waals surface area (Å²) in [6.45, 7) is 1.73. The van der Waals surface area contributed by atoms with Gasteiger partial charge in [-0.3, -0.25) is 9.59 Å². The van der Waals surface area contributed by atoms with Crippen LogP contribution in [0.5, 0.6) is 0 Å². The molecule has 0 aliphatic carbocycles. The molecule has 4 nitrogen and oxygen atoms in total. The SMILES string of the molecule is CC(=O)c1ccc(NCC(=O)NCc2ccccc2F)cc1. The van der Waals surface area contributed by atoms with Crippen LogP contribution in [-0.4, -0.2) is 18.2 Å². The lowest BCUT2D eigenvalue weighted by Crippen LogP contribution is -2.29. The number of Topliss-reactive ketones (excluding diaryl/α,β-unsaturated/α-hetero) is 1. The molecule has 2 aromatic carbocycles. The maximum Gasteiger partial charge on any atom is 0.239 e. The van der Waals surface area contributed by atoms with Gasteiger partial charge in [-0.15, -0.1) is 0 Å². The van der Waals surface area contributed by atoms with Crippen molar-refractivity contribution in [2.45, 2.75) is 13.5 Å². The third kappa shape index (κ3) is 4.41. The van der Waals surface area contributed by atoms with Crippen LogP contribution in [0.1, 0.15) is 22.8 Å². The van der Waals surface area contributed by atoms with Crippen molar-refractivity contribution in [1.29, 1.82) is 0 Å². The number of carbonyl (C=O) groups excluding carboxylic acids is 2. The lowest BCUT2D eigenvalue weighted by Gasteiger charge is -2.08. The van der Waals surface area contributed by atoms with Gasteiger partial charge < -0.3 is 10.6 Å². The standard InChI is InChI=1S/C17H17FN2O2/c1-12(21)13-6-8-15(9-7-13)19-11-17(22)20-10-14-4-2-3-5-16(14)18/h2-9,19H,10-11H2,1H3,(H,20,22). The fraction of sp³-hybridized carbons (Fsp3) is 0.176. The van der Waals surface area contributed by atoms with Crippen LogP contribution < -0.4 is 10.6 Å². The minimum Gasteiger partial charge on any atom is -0.376 e. The molecule has 5 heteroatoms. The molecule has 2 aromatic rings. The van der Waals surface area contributed by atoms with Crippen molar-refractivity contribution in [3.63, 3.8) is 0 Å². The zero-order chi connectivity index (χ0) is 15.9. The number of carbonyl (C=O) groups is 2. The molecule has 2 N–H and O–H groups in total. The molecule has 0 heterocycles. The number of hydrogen-bond acceptors (Lipinski definition) is 3. The molecular formula is C17H17FN2O2. The van der Waals surface area contributed by atoms with Gasteiger partial charge in [-0.05, 0) is 37.3 Å². The summed E-state index contributed by atoms with van der Waals surface area (Å²) in [6.07, 6.45) is 0. The molecule has 0 radical (unpaired) electrons. The van der Waals surface area contributed by atoms with Gasteiger partial charge in [0.15, 0.2) is 5.78 Å². The largest absolute Gasteiger partial charge is 0.376 e. The molecule has 0 fully saturated rings. The summed E-state index contributed by atoms with van der Waals surface area (Å²) >= 11 is 0. The minimum atomic E-state index is -0.337. The fourth-order valence-electron chi connectivity index (χ4n) is 1.90. The molecule has 0 atom stereocenters. The van der Waals surface area contributed by atoms with Crippen LogP contribution in [0, 0.1) is 5.82 Å². The molecule has 0 saturated carbocycles. The zero-order valence-electron chi connectivity index (χ0n) is 12.2. The summed E-state index contributed by atoms with van der Waals surface area (Å²) in [5, 5.41) is 5.59. The fourth-order valence-corrected chi connectivity index (χ4v) is 1.90. The van der Waals surface area contributed by atoms with E-state index < -0.39 is 0 Å². The monoisotopic (exact) mass is 300 g/mol. The third-order valence-corrected chi connectivity index (χ3v) is 3.18. The number of nitrogens with one attached hydrogen (secondary N) is 2. The third-order valence-electron chi connectivity index (χ3n) is 3.18. The second-order valence-electron chi connectivity index (χ2n) is 4.86. The smallest absolute Gasteiger partial charge is 0.239 e. The first kappa shape index (κ1) is 15.7. The van der Waals surface area contributed by atoms with Crippen molar-refractivity contribution in [1.82, 2.24) is 5.32 Å². The summed E-state index contributed by atoms with van der Waals surface area (Å²) in [5.74, 6) is -0.580. The van der Waals surface area contributed by atoms with E-state index in [1.165, 1.54) is 13.0 Å². The van der Waals surface area contributed by atoms with Gasteiger partial charge in [-0.1, -0.05) is 18.2 Å². The van der Waals surface area contributed by atoms with Crippen LogP contribution in [0.2, 0.25) is 0 Å². The van der Waals surface area contributed by atoms with E-state index in [1.54, 1.807) is 42.5 Å². The highest BCUT2D eigenvalue weighted by molar-refractivity contribution is 5.94. The predicted molar refractivity (Wildman–Crippen MR) is 83.2 cm³/mol. The summed E-state index contributed by atoms with van der Waals surface area (Å²) in [5.41, 5.74) is 1.81. The summed E-state index contributed by atoms with van der Waals surface area (Å²) in [4.78, 5) is 22.9. The molecule has 0 saturated heterocycles. The molecule has 0 bridgehead atoms. The first-order valence-electron chi connectivity index (χ1n) is 6.91. The number of amides is 1. The van der Waals surface area contributed by atoms with E-state index in [4.69, 9.17) is 0 Å². The first-order valence-corrected chi connectivity index (χ1v) is 6.91. The number of hydrogen-bond donors (Lipinski definition) is 2. The van der Waals surface area contributed by atoms with Crippen LogP contribution in [0.3, 0.4) is 0 Å². The van der Waals surface area contributed by atoms with Crippen LogP contribution in [0.25, 0.3) is 0 Å². The summed E-state index contributed by atoms with van der Waals surface area (Å²) in [7, 11) is 0. The molecule has 0 aliphatic heterocycles. The molecule has 22 heavy (non-hydrogen) atoms. The van der Waals surface area contributed by atoms with E-state index in [2.05, 4.69) is 10.6 Å². The predicted octanol–water partition coefficient (Wildman–Crippen LogP) is 2.76. The Balaban J connectivity index is 1.80. The van der Waals surface area contributed by atoms with Gasteiger partial charge in [0.2, 0.25) is 5.91 Å². The topological polar surface area (TPSA) is 58.2 Å². The van der Waals surface area contributed by atoms with Gasteiger partial charge >= 0.3 is 0 Å². The summed E-state index contributed by atoms with van der Waals surface area (Å²) < 4.78 is 13.4. The highest BCUT2D eigenvalue weighted by Crippen LogP contribution is 2.09. The van der Waals surface area contributed by atoms with Crippen molar-refractivity contribution in [2.75, 3.05) is 11.9 Å². The van der Waals surface area contributed by atoms with Gasteiger partial charge in [0, 0.05) is 23.4 Å². The molecule has 2 rings (SSSR count). The number of rotatable bonds is 6. The maximum atomic E-state index is 13.4. The number of benzene rings is 2.